The molecule has 2 unspecified atom stereocenters. The third kappa shape index (κ3) is 8.50. The number of nitrogens with two attached hydrogens (primary N) is 2. The van der Waals surface area contributed by atoms with Crippen LogP contribution >= 0.6 is 11.6 Å². The zero-order valence-electron chi connectivity index (χ0n) is 25.3. The molecule has 2 atom stereocenters. The maximum atomic E-state index is 15.5. The van der Waals surface area contributed by atoms with Crippen LogP contribution in [0.25, 0.3) is 28.0 Å². The molecule has 2 aromatic heterocycles. The summed E-state index contributed by atoms with van der Waals surface area (Å²) in [6.45, 7) is 3.98. The molecule has 2 heterocycles. The molecule has 0 radical (unpaired) electrons. The standard InChI is InChI=1S/C32H38ClF4N7O/c1-3-6-27(41-10-5-9-40-18(2)38)29-25(35)14-22(15-26(29)36)44-17-20-13-28(42-31(20)43-32(44)45)23-11-19(12-24(33)30(23)37)7-4-8-21(39)16-34/h11-15,17,21,27,41H,3-10,16,39H2,1-2H3,(H2,38,40)(H,42,43,45). The number of aromatic nitrogens is 3. The van der Waals surface area contributed by atoms with E-state index in [9.17, 15) is 9.18 Å². The van der Waals surface area contributed by atoms with E-state index in [1.54, 1.807) is 19.1 Å². The van der Waals surface area contributed by atoms with Crippen LogP contribution in [0, 0.1) is 17.5 Å². The highest BCUT2D eigenvalue weighted by Gasteiger charge is 2.22. The number of aromatic amines is 1. The molecule has 4 rings (SSSR count). The molecule has 0 fully saturated rings. The van der Waals surface area contributed by atoms with Gasteiger partial charge >= 0.3 is 5.69 Å². The Kier molecular flexibility index (Phi) is 11.8. The van der Waals surface area contributed by atoms with Gasteiger partial charge in [0.1, 0.15) is 24.0 Å². The third-order valence-electron chi connectivity index (χ3n) is 7.48. The van der Waals surface area contributed by atoms with Gasteiger partial charge in [-0.3, -0.25) is 9.56 Å². The third-order valence-corrected chi connectivity index (χ3v) is 7.75. The first-order valence-electron chi connectivity index (χ1n) is 14.9. The van der Waals surface area contributed by atoms with Gasteiger partial charge in [0.25, 0.3) is 0 Å². The van der Waals surface area contributed by atoms with Crippen molar-refractivity contribution in [1.82, 2.24) is 19.9 Å². The molecule has 13 heteroatoms. The molecule has 0 aliphatic rings. The van der Waals surface area contributed by atoms with Gasteiger partial charge in [-0.15, -0.1) is 0 Å². The van der Waals surface area contributed by atoms with Gasteiger partial charge in [0.15, 0.2) is 5.82 Å². The van der Waals surface area contributed by atoms with Gasteiger partial charge in [-0.25, -0.2) is 22.4 Å². The number of alkyl halides is 1. The lowest BCUT2D eigenvalue weighted by Crippen LogP contribution is -2.26. The van der Waals surface area contributed by atoms with Crippen molar-refractivity contribution in [3.8, 4) is 16.9 Å². The number of hydrogen-bond donors (Lipinski definition) is 4. The molecular formula is C32H38ClF4N7O. The highest BCUT2D eigenvalue weighted by Crippen LogP contribution is 2.32. The van der Waals surface area contributed by atoms with Crippen LogP contribution < -0.4 is 22.5 Å². The normalized spacial score (nSPS) is 13.5. The molecule has 4 aromatic rings. The van der Waals surface area contributed by atoms with Gasteiger partial charge in [-0.2, -0.15) is 4.98 Å². The predicted octanol–water partition coefficient (Wildman–Crippen LogP) is 6.27. The average Bonchev–Trinajstić information content (AvgIpc) is 3.40. The quantitative estimate of drug-likeness (QED) is 0.0524. The van der Waals surface area contributed by atoms with Crippen molar-refractivity contribution in [3.05, 3.63) is 80.6 Å². The summed E-state index contributed by atoms with van der Waals surface area (Å²) in [5, 5.41) is 3.52. The first-order valence-corrected chi connectivity index (χ1v) is 15.3. The molecule has 0 spiro atoms. The predicted molar refractivity (Wildman–Crippen MR) is 171 cm³/mol. The lowest BCUT2D eigenvalue weighted by molar-refractivity contribution is 0.407. The minimum Gasteiger partial charge on any atom is -0.388 e. The number of nitrogens with zero attached hydrogens (tertiary/aromatic N) is 3. The molecule has 6 N–H and O–H groups in total. The fourth-order valence-electron chi connectivity index (χ4n) is 5.25. The summed E-state index contributed by atoms with van der Waals surface area (Å²) < 4.78 is 59.8. The minimum atomic E-state index is -0.797. The Labute approximate surface area is 263 Å². The van der Waals surface area contributed by atoms with Crippen LogP contribution in [0.15, 0.2) is 46.3 Å². The molecule has 8 nitrogen and oxygen atoms in total. The molecule has 0 bridgehead atoms. The monoisotopic (exact) mass is 647 g/mol. The Bertz CT molecular complexity index is 1690. The number of rotatable bonds is 15. The molecule has 0 aliphatic carbocycles. The maximum Gasteiger partial charge on any atom is 0.354 e. The topological polar surface area (TPSA) is 127 Å². The number of H-pyrrole nitrogens is 1. The number of aliphatic imine (C=N–C) groups is 1. The lowest BCUT2D eigenvalue weighted by Gasteiger charge is -2.20. The molecule has 0 saturated heterocycles. The number of nitrogens with one attached hydrogen (secondary N) is 2. The van der Waals surface area contributed by atoms with Crippen LogP contribution in [0.5, 0.6) is 0 Å². The Morgan fingerprint density at radius 1 is 1.13 bits per heavy atom. The van der Waals surface area contributed by atoms with Crippen molar-refractivity contribution < 1.29 is 17.6 Å². The van der Waals surface area contributed by atoms with Crippen molar-refractivity contribution in [1.29, 1.82) is 0 Å². The summed E-state index contributed by atoms with van der Waals surface area (Å²) in [5.41, 5.74) is 11.6. The first kappa shape index (κ1) is 34.1. The summed E-state index contributed by atoms with van der Waals surface area (Å²) in [4.78, 5) is 24.1. The smallest absolute Gasteiger partial charge is 0.354 e. The largest absolute Gasteiger partial charge is 0.388 e. The Balaban J connectivity index is 1.62. The second kappa shape index (κ2) is 15.5. The number of hydrogen-bond acceptors (Lipinski definition) is 5. The number of amidine groups is 1. The van der Waals surface area contributed by atoms with Gasteiger partial charge < -0.3 is 21.8 Å². The van der Waals surface area contributed by atoms with E-state index in [2.05, 4.69) is 20.3 Å². The van der Waals surface area contributed by atoms with E-state index in [1.165, 1.54) is 12.3 Å². The van der Waals surface area contributed by atoms with Crippen LogP contribution in [0.2, 0.25) is 5.02 Å². The highest BCUT2D eigenvalue weighted by atomic mass is 35.5. The average molecular weight is 648 g/mol. The van der Waals surface area contributed by atoms with E-state index in [-0.39, 0.29) is 27.5 Å². The Hall–Kier alpha value is -3.74. The van der Waals surface area contributed by atoms with Crippen LogP contribution in [0.3, 0.4) is 0 Å². The number of fused-ring (bicyclic) bond motifs is 1. The second-order valence-corrected chi connectivity index (χ2v) is 11.5. The molecule has 242 valence electrons. The fourth-order valence-corrected chi connectivity index (χ4v) is 5.49. The van der Waals surface area contributed by atoms with Crippen LogP contribution in [-0.2, 0) is 6.42 Å². The number of aryl methyl sites for hydroxylation is 1. The SMILES string of the molecule is CCCC(NCCCN=C(C)N)c1c(F)cc(-n2cc3cc(-c4cc(CCCC(N)CF)cc(Cl)c4F)[nH]c3nc2=O)cc1F. The van der Waals surface area contributed by atoms with E-state index in [0.717, 1.165) is 22.3 Å². The van der Waals surface area contributed by atoms with Crippen molar-refractivity contribution in [3.63, 3.8) is 0 Å². The Morgan fingerprint density at radius 2 is 1.87 bits per heavy atom. The molecule has 0 amide bonds. The summed E-state index contributed by atoms with van der Waals surface area (Å²) in [6.07, 6.45) is 4.79. The first-order chi connectivity index (χ1) is 21.5. The van der Waals surface area contributed by atoms with Gasteiger partial charge in [-0.05, 0) is 81.5 Å². The van der Waals surface area contributed by atoms with Crippen molar-refractivity contribution >= 4 is 28.5 Å². The van der Waals surface area contributed by atoms with E-state index in [1.807, 2.05) is 6.92 Å². The van der Waals surface area contributed by atoms with Gasteiger partial charge in [-0.1, -0.05) is 24.9 Å². The van der Waals surface area contributed by atoms with E-state index < -0.39 is 41.9 Å². The van der Waals surface area contributed by atoms with E-state index in [4.69, 9.17) is 23.1 Å². The van der Waals surface area contributed by atoms with Gasteiger partial charge in [0, 0.05) is 41.3 Å². The summed E-state index contributed by atoms with van der Waals surface area (Å²) in [7, 11) is 0. The fraction of sp³-hybridized carbons (Fsp3) is 0.406. The number of benzene rings is 2. The summed E-state index contributed by atoms with van der Waals surface area (Å²) in [6, 6.07) is 5.78. The molecule has 0 saturated carbocycles. The number of halogens is 5. The second-order valence-electron chi connectivity index (χ2n) is 11.1. The molecule has 2 aromatic carbocycles. The van der Waals surface area contributed by atoms with Crippen LogP contribution in [-0.4, -0.2) is 46.2 Å². The maximum absolute atomic E-state index is 15.5. The van der Waals surface area contributed by atoms with Gasteiger partial charge in [0.2, 0.25) is 0 Å². The Morgan fingerprint density at radius 3 is 2.53 bits per heavy atom. The minimum absolute atomic E-state index is 0.0402. The van der Waals surface area contributed by atoms with Gasteiger partial charge in [0.05, 0.1) is 22.2 Å². The summed E-state index contributed by atoms with van der Waals surface area (Å²) >= 11 is 6.18. The molecule has 45 heavy (non-hydrogen) atoms. The van der Waals surface area contributed by atoms with Crippen LogP contribution in [0.1, 0.15) is 63.1 Å². The summed E-state index contributed by atoms with van der Waals surface area (Å²) in [5.74, 6) is -1.79. The zero-order chi connectivity index (χ0) is 32.7. The highest BCUT2D eigenvalue weighted by molar-refractivity contribution is 6.31. The zero-order valence-corrected chi connectivity index (χ0v) is 26.0. The van der Waals surface area contributed by atoms with E-state index >= 15 is 13.2 Å². The van der Waals surface area contributed by atoms with Crippen molar-refractivity contribution in [2.45, 2.75) is 64.5 Å². The van der Waals surface area contributed by atoms with Crippen molar-refractivity contribution in [2.75, 3.05) is 19.8 Å². The van der Waals surface area contributed by atoms with E-state index in [0.29, 0.717) is 68.5 Å². The van der Waals surface area contributed by atoms with Crippen LogP contribution in [0.4, 0.5) is 17.6 Å². The molecular weight excluding hydrogens is 610 g/mol. The lowest BCUT2D eigenvalue weighted by atomic mass is 10.00. The molecule has 0 aliphatic heterocycles. The van der Waals surface area contributed by atoms with Crippen molar-refractivity contribution in [2.24, 2.45) is 16.5 Å².